The molecule has 1 atom stereocenters. The molecule has 1 aromatic carbocycles. The van der Waals surface area contributed by atoms with Crippen LogP contribution in [-0.4, -0.2) is 35.6 Å². The van der Waals surface area contributed by atoms with Gasteiger partial charge < -0.3 is 9.88 Å². The first-order chi connectivity index (χ1) is 9.81. The van der Waals surface area contributed by atoms with Gasteiger partial charge in [0.2, 0.25) is 0 Å². The fourth-order valence-electron chi connectivity index (χ4n) is 3.44. The van der Waals surface area contributed by atoms with E-state index < -0.39 is 0 Å². The topological polar surface area (TPSA) is 20.2 Å². The van der Waals surface area contributed by atoms with Crippen molar-refractivity contribution in [2.45, 2.75) is 25.8 Å². The highest BCUT2D eigenvalue weighted by molar-refractivity contribution is 5.84. The molecule has 0 aliphatic carbocycles. The zero-order chi connectivity index (χ0) is 13.9. The van der Waals surface area contributed by atoms with Crippen molar-refractivity contribution in [3.63, 3.8) is 0 Å². The predicted molar refractivity (Wildman–Crippen MR) is 85.0 cm³/mol. The summed E-state index contributed by atoms with van der Waals surface area (Å²) in [5.74, 6) is 0. The SMILES string of the molecule is CCC[C@H](c1cn(C)c2ccccc12)N1CCNCC1. The number of benzene rings is 1. The van der Waals surface area contributed by atoms with E-state index in [1.807, 2.05) is 0 Å². The van der Waals surface area contributed by atoms with E-state index in [1.165, 1.54) is 29.3 Å². The minimum atomic E-state index is 0.563. The second-order valence-corrected chi connectivity index (χ2v) is 5.80. The quantitative estimate of drug-likeness (QED) is 0.922. The minimum Gasteiger partial charge on any atom is -0.350 e. The molecule has 0 saturated carbocycles. The molecule has 1 aliphatic rings. The van der Waals surface area contributed by atoms with Crippen LogP contribution in [-0.2, 0) is 7.05 Å². The first-order valence-electron chi connectivity index (χ1n) is 7.80. The molecular formula is C17H25N3. The van der Waals surface area contributed by atoms with Gasteiger partial charge in [-0.05, 0) is 18.1 Å². The molecule has 1 N–H and O–H groups in total. The summed E-state index contributed by atoms with van der Waals surface area (Å²) in [4.78, 5) is 2.65. The summed E-state index contributed by atoms with van der Waals surface area (Å²) in [6.45, 7) is 6.85. The number of para-hydroxylation sites is 1. The summed E-state index contributed by atoms with van der Waals surface area (Å²) >= 11 is 0. The Labute approximate surface area is 121 Å². The van der Waals surface area contributed by atoms with E-state index in [2.05, 4.69) is 59.2 Å². The van der Waals surface area contributed by atoms with Gasteiger partial charge in [0.15, 0.2) is 0 Å². The third-order valence-electron chi connectivity index (χ3n) is 4.44. The lowest BCUT2D eigenvalue weighted by molar-refractivity contribution is 0.165. The maximum Gasteiger partial charge on any atom is 0.0481 e. The number of aromatic nitrogens is 1. The van der Waals surface area contributed by atoms with Crippen molar-refractivity contribution in [2.24, 2.45) is 7.05 Å². The Balaban J connectivity index is 2.00. The lowest BCUT2D eigenvalue weighted by Gasteiger charge is -2.35. The molecule has 2 heterocycles. The van der Waals surface area contributed by atoms with E-state index in [4.69, 9.17) is 0 Å². The molecule has 108 valence electrons. The molecule has 3 heteroatoms. The van der Waals surface area contributed by atoms with Crippen LogP contribution in [0.5, 0.6) is 0 Å². The average Bonchev–Trinajstić information content (AvgIpc) is 2.83. The zero-order valence-electron chi connectivity index (χ0n) is 12.6. The maximum absolute atomic E-state index is 3.46. The Bertz CT molecular complexity index is 567. The number of hydrogen-bond acceptors (Lipinski definition) is 2. The average molecular weight is 271 g/mol. The van der Waals surface area contributed by atoms with Crippen LogP contribution < -0.4 is 5.32 Å². The normalized spacial score (nSPS) is 18.5. The predicted octanol–water partition coefficient (Wildman–Crippen LogP) is 2.92. The van der Waals surface area contributed by atoms with Crippen molar-refractivity contribution in [1.82, 2.24) is 14.8 Å². The van der Waals surface area contributed by atoms with Crippen LogP contribution in [0.2, 0.25) is 0 Å². The van der Waals surface area contributed by atoms with Crippen molar-refractivity contribution in [1.29, 1.82) is 0 Å². The Kier molecular flexibility index (Phi) is 4.08. The Morgan fingerprint density at radius 1 is 1.20 bits per heavy atom. The van der Waals surface area contributed by atoms with Crippen molar-refractivity contribution in [2.75, 3.05) is 26.2 Å². The molecule has 0 radical (unpaired) electrons. The van der Waals surface area contributed by atoms with Crippen LogP contribution in [0.4, 0.5) is 0 Å². The fraction of sp³-hybridized carbons (Fsp3) is 0.529. The van der Waals surface area contributed by atoms with Gasteiger partial charge in [-0.3, -0.25) is 4.90 Å². The maximum atomic E-state index is 3.46. The van der Waals surface area contributed by atoms with Crippen LogP contribution in [0.1, 0.15) is 31.4 Å². The van der Waals surface area contributed by atoms with Gasteiger partial charge in [-0.2, -0.15) is 0 Å². The highest BCUT2D eigenvalue weighted by Crippen LogP contribution is 2.32. The number of aryl methyl sites for hydroxylation is 1. The van der Waals surface area contributed by atoms with Gasteiger partial charge in [-0.25, -0.2) is 0 Å². The molecule has 0 unspecified atom stereocenters. The van der Waals surface area contributed by atoms with Crippen molar-refractivity contribution >= 4 is 10.9 Å². The Hall–Kier alpha value is -1.32. The van der Waals surface area contributed by atoms with Gasteiger partial charge in [-0.15, -0.1) is 0 Å². The van der Waals surface area contributed by atoms with Gasteiger partial charge >= 0.3 is 0 Å². The molecule has 20 heavy (non-hydrogen) atoms. The van der Waals surface area contributed by atoms with Gasteiger partial charge in [0.25, 0.3) is 0 Å². The van der Waals surface area contributed by atoms with Crippen LogP contribution >= 0.6 is 0 Å². The molecule has 0 spiro atoms. The molecular weight excluding hydrogens is 246 g/mol. The number of fused-ring (bicyclic) bond motifs is 1. The van der Waals surface area contributed by atoms with Gasteiger partial charge in [0, 0.05) is 56.4 Å². The van der Waals surface area contributed by atoms with E-state index in [1.54, 1.807) is 0 Å². The number of rotatable bonds is 4. The highest BCUT2D eigenvalue weighted by atomic mass is 15.2. The Morgan fingerprint density at radius 2 is 1.95 bits per heavy atom. The molecule has 0 bridgehead atoms. The van der Waals surface area contributed by atoms with E-state index in [0.717, 1.165) is 26.2 Å². The monoisotopic (exact) mass is 271 g/mol. The number of nitrogens with zero attached hydrogens (tertiary/aromatic N) is 2. The lowest BCUT2D eigenvalue weighted by atomic mass is 9.99. The lowest BCUT2D eigenvalue weighted by Crippen LogP contribution is -2.45. The molecule has 1 aromatic heterocycles. The van der Waals surface area contributed by atoms with Gasteiger partial charge in [0.05, 0.1) is 0 Å². The molecule has 1 saturated heterocycles. The summed E-state index contributed by atoms with van der Waals surface area (Å²) < 4.78 is 2.27. The minimum absolute atomic E-state index is 0.563. The summed E-state index contributed by atoms with van der Waals surface area (Å²) in [5.41, 5.74) is 2.85. The second kappa shape index (κ2) is 5.98. The third-order valence-corrected chi connectivity index (χ3v) is 4.44. The molecule has 2 aromatic rings. The standard InChI is InChI=1S/C17H25N3/c1-3-6-17(20-11-9-18-10-12-20)15-13-19(2)16-8-5-4-7-14(15)16/h4-5,7-8,13,17-18H,3,6,9-12H2,1-2H3/t17-/m1/s1. The fourth-order valence-corrected chi connectivity index (χ4v) is 3.44. The smallest absolute Gasteiger partial charge is 0.0481 e. The molecule has 1 fully saturated rings. The van der Waals surface area contributed by atoms with Gasteiger partial charge in [-0.1, -0.05) is 31.5 Å². The summed E-state index contributed by atoms with van der Waals surface area (Å²) in [7, 11) is 2.16. The molecule has 3 nitrogen and oxygen atoms in total. The van der Waals surface area contributed by atoms with Crippen molar-refractivity contribution in [3.05, 3.63) is 36.0 Å². The number of hydrogen-bond donors (Lipinski definition) is 1. The zero-order valence-corrected chi connectivity index (χ0v) is 12.6. The van der Waals surface area contributed by atoms with E-state index >= 15 is 0 Å². The third kappa shape index (κ3) is 2.48. The largest absolute Gasteiger partial charge is 0.350 e. The van der Waals surface area contributed by atoms with Crippen LogP contribution in [0.3, 0.4) is 0 Å². The Morgan fingerprint density at radius 3 is 2.70 bits per heavy atom. The van der Waals surface area contributed by atoms with Crippen LogP contribution in [0.15, 0.2) is 30.5 Å². The van der Waals surface area contributed by atoms with E-state index in [0.29, 0.717) is 6.04 Å². The van der Waals surface area contributed by atoms with E-state index in [-0.39, 0.29) is 0 Å². The molecule has 1 aliphatic heterocycles. The first kappa shape index (κ1) is 13.7. The number of nitrogens with one attached hydrogen (secondary N) is 1. The van der Waals surface area contributed by atoms with Crippen LogP contribution in [0, 0.1) is 0 Å². The number of piperazine rings is 1. The molecule has 3 rings (SSSR count). The highest BCUT2D eigenvalue weighted by Gasteiger charge is 2.24. The summed E-state index contributed by atoms with van der Waals surface area (Å²) in [5, 5.41) is 4.88. The van der Waals surface area contributed by atoms with E-state index in [9.17, 15) is 0 Å². The summed E-state index contributed by atoms with van der Waals surface area (Å²) in [6.07, 6.45) is 4.82. The first-order valence-corrected chi connectivity index (χ1v) is 7.80. The van der Waals surface area contributed by atoms with Crippen molar-refractivity contribution in [3.8, 4) is 0 Å². The van der Waals surface area contributed by atoms with Gasteiger partial charge in [0.1, 0.15) is 0 Å². The summed E-state index contributed by atoms with van der Waals surface area (Å²) in [6, 6.07) is 9.35. The van der Waals surface area contributed by atoms with Crippen LogP contribution in [0.25, 0.3) is 10.9 Å². The van der Waals surface area contributed by atoms with Crippen molar-refractivity contribution < 1.29 is 0 Å². The molecule has 0 amide bonds. The second-order valence-electron chi connectivity index (χ2n) is 5.80.